The highest BCUT2D eigenvalue weighted by Gasteiger charge is 2.23. The molecule has 3 aromatic rings. The van der Waals surface area contributed by atoms with Crippen molar-refractivity contribution in [2.24, 2.45) is 0 Å². The Balaban J connectivity index is 1.85. The summed E-state index contributed by atoms with van der Waals surface area (Å²) < 4.78 is 10.8. The van der Waals surface area contributed by atoms with E-state index in [1.54, 1.807) is 18.3 Å². The van der Waals surface area contributed by atoms with Crippen LogP contribution in [0.5, 0.6) is 17.2 Å². The third kappa shape index (κ3) is 2.71. The van der Waals surface area contributed by atoms with E-state index in [0.717, 1.165) is 10.9 Å². The summed E-state index contributed by atoms with van der Waals surface area (Å²) in [6, 6.07) is 12.3. The molecule has 0 saturated carbocycles. The molecule has 126 valence electrons. The number of rotatable bonds is 3. The average Bonchev–Trinajstić information content (AvgIpc) is 3.08. The first-order valence-corrected chi connectivity index (χ1v) is 7.87. The fourth-order valence-electron chi connectivity index (χ4n) is 3.01. The van der Waals surface area contributed by atoms with E-state index >= 15 is 0 Å². The fraction of sp³-hybridized carbons (Fsp3) is 0.158. The Morgan fingerprint density at radius 2 is 2.04 bits per heavy atom. The molecule has 0 aliphatic carbocycles. The number of nitrogens with zero attached hydrogens (tertiary/aromatic N) is 1. The molecule has 25 heavy (non-hydrogen) atoms. The average molecular weight is 336 g/mol. The molecule has 0 spiro atoms. The number of aromatic hydroxyl groups is 1. The van der Waals surface area contributed by atoms with Crippen LogP contribution in [0.15, 0.2) is 48.7 Å². The lowest BCUT2D eigenvalue weighted by Crippen LogP contribution is -2.27. The van der Waals surface area contributed by atoms with E-state index in [4.69, 9.17) is 9.47 Å². The summed E-state index contributed by atoms with van der Waals surface area (Å²) in [6.07, 6.45) is 1.62. The highest BCUT2D eigenvalue weighted by atomic mass is 16.7. The number of ether oxygens (including phenoxy) is 2. The number of carbonyl (C=O) groups excluding carboxylic acids is 1. The maximum absolute atomic E-state index is 11.7. The number of aromatic nitrogens is 1. The summed E-state index contributed by atoms with van der Waals surface area (Å²) in [6.45, 7) is 1.62. The zero-order chi connectivity index (χ0) is 17.4. The third-order valence-electron chi connectivity index (χ3n) is 4.17. The normalized spacial score (nSPS) is 13.6. The van der Waals surface area contributed by atoms with Gasteiger partial charge in [0, 0.05) is 24.1 Å². The van der Waals surface area contributed by atoms with Crippen molar-refractivity contribution in [1.82, 2.24) is 10.3 Å². The Bertz CT molecular complexity index is 971. The molecule has 0 saturated heterocycles. The molecule has 1 amide bonds. The van der Waals surface area contributed by atoms with Crippen molar-refractivity contribution in [2.75, 3.05) is 6.79 Å². The van der Waals surface area contributed by atoms with Gasteiger partial charge in [-0.25, -0.2) is 0 Å². The number of nitrogens with one attached hydrogen (secondary N) is 1. The number of amides is 1. The van der Waals surface area contributed by atoms with E-state index in [-0.39, 0.29) is 18.4 Å². The van der Waals surface area contributed by atoms with E-state index < -0.39 is 6.04 Å². The number of hydrogen-bond donors (Lipinski definition) is 2. The molecule has 1 unspecified atom stereocenters. The molecule has 1 atom stereocenters. The van der Waals surface area contributed by atoms with Gasteiger partial charge in [0.2, 0.25) is 12.7 Å². The molecule has 0 fully saturated rings. The van der Waals surface area contributed by atoms with Gasteiger partial charge in [0.1, 0.15) is 11.3 Å². The highest BCUT2D eigenvalue weighted by Crippen LogP contribution is 2.39. The van der Waals surface area contributed by atoms with Crippen LogP contribution in [0.2, 0.25) is 0 Å². The Morgan fingerprint density at radius 3 is 2.88 bits per heavy atom. The molecular weight excluding hydrogens is 320 g/mol. The second-order valence-electron chi connectivity index (χ2n) is 5.82. The van der Waals surface area contributed by atoms with Crippen LogP contribution in [0.1, 0.15) is 24.1 Å². The molecule has 1 aliphatic rings. The Labute approximate surface area is 144 Å². The van der Waals surface area contributed by atoms with Crippen LogP contribution in [-0.2, 0) is 4.79 Å². The molecule has 1 aromatic heterocycles. The predicted molar refractivity (Wildman–Crippen MR) is 91.6 cm³/mol. The van der Waals surface area contributed by atoms with Crippen molar-refractivity contribution < 1.29 is 19.4 Å². The number of carbonyl (C=O) groups is 1. The van der Waals surface area contributed by atoms with Gasteiger partial charge in [-0.05, 0) is 23.8 Å². The second kappa shape index (κ2) is 5.98. The van der Waals surface area contributed by atoms with Gasteiger partial charge in [0.05, 0.1) is 6.04 Å². The van der Waals surface area contributed by atoms with Gasteiger partial charge in [0.15, 0.2) is 11.5 Å². The van der Waals surface area contributed by atoms with Crippen molar-refractivity contribution in [3.05, 3.63) is 59.8 Å². The summed E-state index contributed by atoms with van der Waals surface area (Å²) in [5.41, 5.74) is 1.85. The van der Waals surface area contributed by atoms with Crippen LogP contribution < -0.4 is 14.8 Å². The number of pyridine rings is 1. The number of phenolic OH excluding ortho intramolecular Hbond substituents is 1. The van der Waals surface area contributed by atoms with Gasteiger partial charge >= 0.3 is 0 Å². The van der Waals surface area contributed by atoms with Gasteiger partial charge in [-0.15, -0.1) is 0 Å². The minimum absolute atomic E-state index is 0.0505. The van der Waals surface area contributed by atoms with Gasteiger partial charge in [-0.1, -0.05) is 24.3 Å². The predicted octanol–water partition coefficient (Wildman–Crippen LogP) is 2.89. The van der Waals surface area contributed by atoms with Crippen LogP contribution in [0.25, 0.3) is 10.9 Å². The van der Waals surface area contributed by atoms with Gasteiger partial charge in [0.25, 0.3) is 0 Å². The lowest BCUT2D eigenvalue weighted by Gasteiger charge is -2.21. The van der Waals surface area contributed by atoms with Gasteiger partial charge in [-0.2, -0.15) is 0 Å². The monoisotopic (exact) mass is 336 g/mol. The Kier molecular flexibility index (Phi) is 3.65. The molecule has 2 N–H and O–H groups in total. The topological polar surface area (TPSA) is 80.7 Å². The molecule has 0 bridgehead atoms. The first-order valence-electron chi connectivity index (χ1n) is 7.87. The van der Waals surface area contributed by atoms with Crippen molar-refractivity contribution in [3.63, 3.8) is 0 Å². The van der Waals surface area contributed by atoms with Gasteiger partial charge < -0.3 is 19.9 Å². The number of fused-ring (bicyclic) bond motifs is 2. The molecule has 2 aromatic carbocycles. The van der Waals surface area contributed by atoms with E-state index in [1.807, 2.05) is 30.3 Å². The minimum Gasteiger partial charge on any atom is -0.505 e. The van der Waals surface area contributed by atoms with Crippen LogP contribution in [0, 0.1) is 0 Å². The lowest BCUT2D eigenvalue weighted by atomic mass is 9.96. The largest absolute Gasteiger partial charge is 0.505 e. The molecule has 6 heteroatoms. The molecule has 2 heterocycles. The molecule has 6 nitrogen and oxygen atoms in total. The SMILES string of the molecule is CC(=O)NC(c1ccc2c(c1)OCO2)c1ccc2cccnc2c1O. The summed E-state index contributed by atoms with van der Waals surface area (Å²) in [4.78, 5) is 16.0. The maximum atomic E-state index is 11.7. The first kappa shape index (κ1) is 15.3. The van der Waals surface area contributed by atoms with E-state index in [2.05, 4.69) is 10.3 Å². The zero-order valence-corrected chi connectivity index (χ0v) is 13.5. The standard InChI is InChI=1S/C19H16N2O4/c1-11(22)21-17(13-5-7-15-16(9-13)25-10-24-15)14-6-4-12-3-2-8-20-18(12)19(14)23/h2-9,17,23H,10H2,1H3,(H,21,22). The van der Waals surface area contributed by atoms with Gasteiger partial charge in [-0.3, -0.25) is 9.78 Å². The number of hydrogen-bond acceptors (Lipinski definition) is 5. The number of phenols is 1. The van der Waals surface area contributed by atoms with Crippen LogP contribution in [0.3, 0.4) is 0 Å². The lowest BCUT2D eigenvalue weighted by molar-refractivity contribution is -0.119. The smallest absolute Gasteiger partial charge is 0.231 e. The van der Waals surface area contributed by atoms with Crippen molar-refractivity contribution in [3.8, 4) is 17.2 Å². The summed E-state index contributed by atoms with van der Waals surface area (Å²) in [7, 11) is 0. The summed E-state index contributed by atoms with van der Waals surface area (Å²) in [5, 5.41) is 14.4. The molecule has 0 radical (unpaired) electrons. The van der Waals surface area contributed by atoms with Crippen molar-refractivity contribution in [2.45, 2.75) is 13.0 Å². The molecule has 4 rings (SSSR count). The quantitative estimate of drug-likeness (QED) is 0.769. The summed E-state index contributed by atoms with van der Waals surface area (Å²) in [5.74, 6) is 1.12. The van der Waals surface area contributed by atoms with E-state index in [1.165, 1.54) is 6.92 Å². The summed E-state index contributed by atoms with van der Waals surface area (Å²) >= 11 is 0. The van der Waals surface area contributed by atoms with Crippen LogP contribution >= 0.6 is 0 Å². The second-order valence-corrected chi connectivity index (χ2v) is 5.82. The van der Waals surface area contributed by atoms with Crippen molar-refractivity contribution in [1.29, 1.82) is 0 Å². The van der Waals surface area contributed by atoms with Crippen LogP contribution in [-0.4, -0.2) is 22.8 Å². The first-order chi connectivity index (χ1) is 12.1. The fourth-order valence-corrected chi connectivity index (χ4v) is 3.01. The maximum Gasteiger partial charge on any atom is 0.231 e. The molecule has 1 aliphatic heterocycles. The Morgan fingerprint density at radius 1 is 1.20 bits per heavy atom. The van der Waals surface area contributed by atoms with Crippen LogP contribution in [0.4, 0.5) is 0 Å². The van der Waals surface area contributed by atoms with E-state index in [9.17, 15) is 9.90 Å². The third-order valence-corrected chi connectivity index (χ3v) is 4.17. The number of benzene rings is 2. The van der Waals surface area contributed by atoms with E-state index in [0.29, 0.717) is 22.6 Å². The minimum atomic E-state index is -0.529. The zero-order valence-electron chi connectivity index (χ0n) is 13.5. The van der Waals surface area contributed by atoms with Crippen molar-refractivity contribution >= 4 is 16.8 Å². The molecular formula is C19H16N2O4. The highest BCUT2D eigenvalue weighted by molar-refractivity contribution is 5.86. The Hall–Kier alpha value is -3.28.